The Morgan fingerprint density at radius 2 is 1.93 bits per heavy atom. The van der Waals surface area contributed by atoms with Crippen molar-refractivity contribution in [2.24, 2.45) is 0 Å². The van der Waals surface area contributed by atoms with Gasteiger partial charge in [0.15, 0.2) is 5.78 Å². The fourth-order valence-corrected chi connectivity index (χ4v) is 3.74. The summed E-state index contributed by atoms with van der Waals surface area (Å²) in [6, 6.07) is 6.41. The van der Waals surface area contributed by atoms with Crippen molar-refractivity contribution in [2.45, 2.75) is 39.2 Å². The molecule has 1 aromatic heterocycles. The molecule has 0 atom stereocenters. The molecule has 1 aliphatic carbocycles. The van der Waals surface area contributed by atoms with Crippen LogP contribution in [0.5, 0.6) is 0 Å². The first-order valence-electron chi connectivity index (χ1n) is 9.41. The van der Waals surface area contributed by atoms with Gasteiger partial charge in [-0.05, 0) is 50.1 Å². The molecule has 5 nitrogen and oxygen atoms in total. The van der Waals surface area contributed by atoms with Gasteiger partial charge in [0.05, 0.1) is 6.42 Å². The second-order valence-electron chi connectivity index (χ2n) is 7.01. The molecule has 6 heteroatoms. The van der Waals surface area contributed by atoms with Crippen LogP contribution in [0.4, 0.5) is 4.39 Å². The summed E-state index contributed by atoms with van der Waals surface area (Å²) in [6.07, 6.45) is 2.39. The quantitative estimate of drug-likeness (QED) is 0.735. The van der Waals surface area contributed by atoms with Gasteiger partial charge in [0.25, 0.3) is 0 Å². The van der Waals surface area contributed by atoms with E-state index in [2.05, 4.69) is 15.2 Å². The maximum absolute atomic E-state index is 13.2. The highest BCUT2D eigenvalue weighted by atomic mass is 19.1. The maximum Gasteiger partial charge on any atom is 0.224 e. The topological polar surface area (TPSA) is 63.1 Å². The van der Waals surface area contributed by atoms with Crippen LogP contribution in [0.15, 0.2) is 24.3 Å². The number of Topliss-reactive ketones (excluding diaryl/α,β-unsaturated/α-hetero) is 1. The van der Waals surface area contributed by atoms with E-state index < -0.39 is 0 Å². The van der Waals surface area contributed by atoms with Gasteiger partial charge >= 0.3 is 0 Å². The van der Waals surface area contributed by atoms with Gasteiger partial charge in [0.1, 0.15) is 5.82 Å². The third kappa shape index (κ3) is 4.27. The highest BCUT2D eigenvalue weighted by Crippen LogP contribution is 2.31. The zero-order valence-corrected chi connectivity index (χ0v) is 15.9. The fourth-order valence-electron chi connectivity index (χ4n) is 3.74. The van der Waals surface area contributed by atoms with E-state index in [1.54, 1.807) is 12.1 Å². The molecule has 2 aromatic rings. The van der Waals surface area contributed by atoms with Gasteiger partial charge in [0.2, 0.25) is 5.91 Å². The minimum absolute atomic E-state index is 0.0755. The lowest BCUT2D eigenvalue weighted by Crippen LogP contribution is -2.31. The summed E-state index contributed by atoms with van der Waals surface area (Å²) in [5.74, 6) is -0.220. The van der Waals surface area contributed by atoms with Crippen LogP contribution in [0.3, 0.4) is 0 Å². The van der Waals surface area contributed by atoms with Gasteiger partial charge in [-0.15, -0.1) is 0 Å². The Labute approximate surface area is 159 Å². The van der Waals surface area contributed by atoms with Crippen molar-refractivity contribution in [1.29, 1.82) is 0 Å². The van der Waals surface area contributed by atoms with Crippen LogP contribution in [0, 0.1) is 12.7 Å². The van der Waals surface area contributed by atoms with Crippen LogP contribution in [0.1, 0.15) is 45.7 Å². The van der Waals surface area contributed by atoms with Gasteiger partial charge in [-0.1, -0.05) is 12.1 Å². The molecule has 0 unspecified atom stereocenters. The second kappa shape index (κ2) is 8.48. The van der Waals surface area contributed by atoms with E-state index in [-0.39, 0.29) is 23.9 Å². The number of benzene rings is 1. The average Bonchev–Trinajstić information content (AvgIpc) is 2.90. The predicted octanol–water partition coefficient (Wildman–Crippen LogP) is 2.38. The summed E-state index contributed by atoms with van der Waals surface area (Å²) in [7, 11) is 1.83. The highest BCUT2D eigenvalue weighted by Gasteiger charge is 2.28. The third-order valence-corrected chi connectivity index (χ3v) is 5.14. The highest BCUT2D eigenvalue weighted by molar-refractivity contribution is 6.01. The monoisotopic (exact) mass is 371 g/mol. The molecule has 144 valence electrons. The summed E-state index contributed by atoms with van der Waals surface area (Å²) >= 11 is 0. The summed E-state index contributed by atoms with van der Waals surface area (Å²) in [5, 5.41) is 5.87. The number of rotatable bonds is 7. The molecule has 1 heterocycles. The lowest BCUT2D eigenvalue weighted by Gasteiger charge is -2.16. The Morgan fingerprint density at radius 1 is 1.19 bits per heavy atom. The Bertz CT molecular complexity index is 840. The Balaban J connectivity index is 1.91. The van der Waals surface area contributed by atoms with Crippen molar-refractivity contribution in [2.75, 3.05) is 20.1 Å². The smallest absolute Gasteiger partial charge is 0.224 e. The molecule has 3 rings (SSSR count). The SMILES string of the molecule is CNCCNC(=O)Cc1c2c(n(Cc3ccc(F)cc3)c1C)CCCC2=O. The molecule has 0 fully saturated rings. The van der Waals surface area contributed by atoms with E-state index in [1.807, 2.05) is 14.0 Å². The Hall–Kier alpha value is -2.47. The van der Waals surface area contributed by atoms with Gasteiger partial charge in [0, 0.05) is 43.0 Å². The summed E-state index contributed by atoms with van der Waals surface area (Å²) < 4.78 is 15.3. The minimum Gasteiger partial charge on any atom is -0.355 e. The maximum atomic E-state index is 13.2. The third-order valence-electron chi connectivity index (χ3n) is 5.14. The molecule has 0 spiro atoms. The fraction of sp³-hybridized carbons (Fsp3) is 0.429. The molecule has 2 N–H and O–H groups in total. The van der Waals surface area contributed by atoms with E-state index in [0.29, 0.717) is 26.1 Å². The number of likely N-dealkylation sites (N-methyl/N-ethyl adjacent to an activating group) is 1. The number of nitrogens with zero attached hydrogens (tertiary/aromatic N) is 1. The van der Waals surface area contributed by atoms with Crippen molar-refractivity contribution in [3.05, 3.63) is 58.2 Å². The van der Waals surface area contributed by atoms with Gasteiger partial charge in [-0.25, -0.2) is 4.39 Å². The van der Waals surface area contributed by atoms with E-state index >= 15 is 0 Å². The summed E-state index contributed by atoms with van der Waals surface area (Å²) in [5.41, 5.74) is 4.48. The number of fused-ring (bicyclic) bond motifs is 1. The number of hydrogen-bond acceptors (Lipinski definition) is 3. The predicted molar refractivity (Wildman–Crippen MR) is 103 cm³/mol. The largest absolute Gasteiger partial charge is 0.355 e. The molecule has 0 bridgehead atoms. The van der Waals surface area contributed by atoms with Crippen molar-refractivity contribution < 1.29 is 14.0 Å². The van der Waals surface area contributed by atoms with Crippen LogP contribution in [-0.4, -0.2) is 36.4 Å². The Kier molecular flexibility index (Phi) is 6.06. The van der Waals surface area contributed by atoms with Gasteiger partial charge in [-0.2, -0.15) is 0 Å². The van der Waals surface area contributed by atoms with Crippen LogP contribution in [-0.2, 0) is 24.2 Å². The molecule has 27 heavy (non-hydrogen) atoms. The lowest BCUT2D eigenvalue weighted by atomic mass is 9.92. The molecular formula is C21H26FN3O2. The van der Waals surface area contributed by atoms with Crippen LogP contribution >= 0.6 is 0 Å². The van der Waals surface area contributed by atoms with Gasteiger partial charge in [-0.3, -0.25) is 9.59 Å². The van der Waals surface area contributed by atoms with Crippen LogP contribution < -0.4 is 10.6 Å². The number of amides is 1. The molecule has 0 radical (unpaired) electrons. The Morgan fingerprint density at radius 3 is 2.63 bits per heavy atom. The molecule has 1 amide bonds. The van der Waals surface area contributed by atoms with E-state index in [1.165, 1.54) is 12.1 Å². The van der Waals surface area contributed by atoms with Crippen molar-refractivity contribution in [3.63, 3.8) is 0 Å². The minimum atomic E-state index is -0.265. The molecule has 1 aromatic carbocycles. The molecular weight excluding hydrogens is 345 g/mol. The first-order chi connectivity index (χ1) is 13.0. The number of carbonyl (C=O) groups is 2. The molecule has 0 saturated carbocycles. The van der Waals surface area contributed by atoms with Crippen LogP contribution in [0.2, 0.25) is 0 Å². The van der Waals surface area contributed by atoms with E-state index in [9.17, 15) is 14.0 Å². The van der Waals surface area contributed by atoms with E-state index in [4.69, 9.17) is 0 Å². The number of nitrogens with one attached hydrogen (secondary N) is 2. The average molecular weight is 371 g/mol. The molecule has 1 aliphatic rings. The first-order valence-corrected chi connectivity index (χ1v) is 9.41. The number of aromatic nitrogens is 1. The van der Waals surface area contributed by atoms with E-state index in [0.717, 1.165) is 40.9 Å². The first kappa shape index (κ1) is 19.3. The summed E-state index contributed by atoms with van der Waals surface area (Å²) in [4.78, 5) is 24.9. The van der Waals surface area contributed by atoms with Crippen molar-refractivity contribution in [1.82, 2.24) is 15.2 Å². The van der Waals surface area contributed by atoms with Crippen LogP contribution in [0.25, 0.3) is 0 Å². The normalized spacial score (nSPS) is 13.5. The van der Waals surface area contributed by atoms with Gasteiger partial charge < -0.3 is 15.2 Å². The molecule has 0 saturated heterocycles. The second-order valence-corrected chi connectivity index (χ2v) is 7.01. The van der Waals surface area contributed by atoms with Crippen molar-refractivity contribution >= 4 is 11.7 Å². The molecule has 0 aliphatic heterocycles. The summed E-state index contributed by atoms with van der Waals surface area (Å²) in [6.45, 7) is 3.79. The lowest BCUT2D eigenvalue weighted by molar-refractivity contribution is -0.120. The van der Waals surface area contributed by atoms with Crippen molar-refractivity contribution in [3.8, 4) is 0 Å². The number of hydrogen-bond donors (Lipinski definition) is 2. The standard InChI is InChI=1S/C21H26FN3O2/c1-14-17(12-20(27)24-11-10-23-2)21-18(4-3-5-19(21)26)25(14)13-15-6-8-16(22)9-7-15/h6-9,23H,3-5,10-13H2,1-2H3,(H,24,27). The number of halogens is 1. The zero-order valence-electron chi connectivity index (χ0n) is 15.9. The number of carbonyl (C=O) groups excluding carboxylic acids is 2. The zero-order chi connectivity index (χ0) is 19.4. The number of ketones is 1.